The molecule has 4 rings (SSSR count). The second kappa shape index (κ2) is 7.23. The van der Waals surface area contributed by atoms with Gasteiger partial charge in [0.05, 0.1) is 18.4 Å². The molecule has 0 radical (unpaired) electrons. The van der Waals surface area contributed by atoms with Crippen LogP contribution in [0.4, 0.5) is 5.69 Å². The Balaban J connectivity index is 1.42. The van der Waals surface area contributed by atoms with Gasteiger partial charge in [0.2, 0.25) is 11.8 Å². The van der Waals surface area contributed by atoms with Gasteiger partial charge in [-0.2, -0.15) is 5.10 Å². The summed E-state index contributed by atoms with van der Waals surface area (Å²) in [7, 11) is 0. The fourth-order valence-electron chi connectivity index (χ4n) is 2.71. The molecule has 1 atom stereocenters. The summed E-state index contributed by atoms with van der Waals surface area (Å²) < 4.78 is 7.69. The van der Waals surface area contributed by atoms with Gasteiger partial charge in [-0.1, -0.05) is 48.5 Å². The van der Waals surface area contributed by atoms with Crippen molar-refractivity contribution in [1.29, 1.82) is 0 Å². The lowest BCUT2D eigenvalue weighted by atomic mass is 10.2. The Labute approximate surface area is 151 Å². The van der Waals surface area contributed by atoms with E-state index in [0.717, 1.165) is 17.8 Å². The first-order valence-electron chi connectivity index (χ1n) is 8.50. The molecule has 0 fully saturated rings. The molecule has 0 aliphatic rings. The third kappa shape index (κ3) is 3.64. The summed E-state index contributed by atoms with van der Waals surface area (Å²) in [6.07, 6.45) is 3.77. The Morgan fingerprint density at radius 1 is 1.00 bits per heavy atom. The van der Waals surface area contributed by atoms with Crippen LogP contribution in [0.3, 0.4) is 0 Å². The van der Waals surface area contributed by atoms with Gasteiger partial charge in [0.15, 0.2) is 0 Å². The van der Waals surface area contributed by atoms with E-state index in [9.17, 15) is 0 Å². The molecule has 2 aromatic carbocycles. The second-order valence-electron chi connectivity index (χ2n) is 6.09. The second-order valence-corrected chi connectivity index (χ2v) is 6.09. The van der Waals surface area contributed by atoms with Gasteiger partial charge in [-0.05, 0) is 24.6 Å². The van der Waals surface area contributed by atoms with Gasteiger partial charge in [0.1, 0.15) is 6.04 Å². The van der Waals surface area contributed by atoms with Crippen molar-refractivity contribution in [2.45, 2.75) is 19.5 Å². The molecule has 0 saturated carbocycles. The maximum absolute atomic E-state index is 5.79. The molecule has 130 valence electrons. The molecule has 0 aliphatic heterocycles. The van der Waals surface area contributed by atoms with Crippen LogP contribution < -0.4 is 5.32 Å². The molecular formula is C20H19N5O. The summed E-state index contributed by atoms with van der Waals surface area (Å²) in [5.74, 6) is 1.06. The zero-order valence-corrected chi connectivity index (χ0v) is 14.4. The number of hydrogen-bond acceptors (Lipinski definition) is 5. The molecule has 6 nitrogen and oxygen atoms in total. The fraction of sp³-hybridized carbons (Fsp3) is 0.150. The van der Waals surface area contributed by atoms with Gasteiger partial charge in [-0.3, -0.25) is 4.68 Å². The van der Waals surface area contributed by atoms with Crippen molar-refractivity contribution < 1.29 is 4.42 Å². The van der Waals surface area contributed by atoms with E-state index in [1.165, 1.54) is 5.56 Å². The average molecular weight is 345 g/mol. The van der Waals surface area contributed by atoms with E-state index in [4.69, 9.17) is 4.42 Å². The van der Waals surface area contributed by atoms with Crippen LogP contribution in [0.5, 0.6) is 0 Å². The van der Waals surface area contributed by atoms with E-state index in [0.29, 0.717) is 11.8 Å². The lowest BCUT2D eigenvalue weighted by Gasteiger charge is -2.08. The first-order chi connectivity index (χ1) is 12.8. The van der Waals surface area contributed by atoms with E-state index in [1.54, 1.807) is 6.20 Å². The van der Waals surface area contributed by atoms with Gasteiger partial charge in [-0.25, -0.2) is 0 Å². The maximum Gasteiger partial charge on any atom is 0.247 e. The topological polar surface area (TPSA) is 68.8 Å². The van der Waals surface area contributed by atoms with Crippen molar-refractivity contribution in [1.82, 2.24) is 20.0 Å². The van der Waals surface area contributed by atoms with Crippen molar-refractivity contribution >= 4 is 5.69 Å². The highest BCUT2D eigenvalue weighted by atomic mass is 16.4. The zero-order valence-electron chi connectivity index (χ0n) is 14.4. The normalized spacial score (nSPS) is 12.0. The van der Waals surface area contributed by atoms with Crippen molar-refractivity contribution in [3.05, 3.63) is 84.5 Å². The number of anilines is 1. The molecule has 0 aliphatic carbocycles. The molecule has 0 spiro atoms. The molecule has 2 heterocycles. The highest BCUT2D eigenvalue weighted by molar-refractivity contribution is 5.52. The summed E-state index contributed by atoms with van der Waals surface area (Å²) in [4.78, 5) is 0. The van der Waals surface area contributed by atoms with Crippen LogP contribution in [-0.4, -0.2) is 20.0 Å². The number of benzene rings is 2. The van der Waals surface area contributed by atoms with Crippen LogP contribution in [0.1, 0.15) is 24.4 Å². The molecule has 0 saturated heterocycles. The highest BCUT2D eigenvalue weighted by Gasteiger charge is 2.15. The Hall–Kier alpha value is -3.41. The van der Waals surface area contributed by atoms with Gasteiger partial charge >= 0.3 is 0 Å². The van der Waals surface area contributed by atoms with Gasteiger partial charge in [0, 0.05) is 11.8 Å². The number of rotatable bonds is 6. The fourth-order valence-corrected chi connectivity index (χ4v) is 2.71. The molecule has 4 aromatic rings. The minimum Gasteiger partial charge on any atom is -0.418 e. The molecule has 0 bridgehead atoms. The first kappa shape index (κ1) is 16.1. The third-order valence-corrected chi connectivity index (χ3v) is 4.04. The predicted octanol–water partition coefficient (Wildman–Crippen LogP) is 4.15. The standard InChI is InChI=1S/C20H19N5O/c1-15(19-23-24-20(26-19)17-10-6-3-7-11-17)22-18-12-21-25(14-18)13-16-8-4-2-5-9-16/h2-12,14-15,22H,13H2,1H3. The zero-order chi connectivity index (χ0) is 17.8. The molecule has 1 N–H and O–H groups in total. The van der Waals surface area contributed by atoms with Crippen LogP contribution in [-0.2, 0) is 6.54 Å². The first-order valence-corrected chi connectivity index (χ1v) is 8.50. The van der Waals surface area contributed by atoms with Crippen LogP contribution in [0, 0.1) is 0 Å². The average Bonchev–Trinajstić information content (AvgIpc) is 3.33. The molecule has 1 unspecified atom stereocenters. The lowest BCUT2D eigenvalue weighted by molar-refractivity contribution is 0.485. The quantitative estimate of drug-likeness (QED) is 0.568. The lowest BCUT2D eigenvalue weighted by Crippen LogP contribution is -2.06. The van der Waals surface area contributed by atoms with Gasteiger partial charge < -0.3 is 9.73 Å². The highest BCUT2D eigenvalue weighted by Crippen LogP contribution is 2.22. The molecule has 2 aromatic heterocycles. The molecular weight excluding hydrogens is 326 g/mol. The van der Waals surface area contributed by atoms with E-state index in [-0.39, 0.29) is 6.04 Å². The van der Waals surface area contributed by atoms with Crippen LogP contribution in [0.25, 0.3) is 11.5 Å². The van der Waals surface area contributed by atoms with Crippen molar-refractivity contribution in [3.8, 4) is 11.5 Å². The summed E-state index contributed by atoms with van der Waals surface area (Å²) in [5.41, 5.74) is 3.03. The van der Waals surface area contributed by atoms with Crippen LogP contribution in [0.15, 0.2) is 77.5 Å². The minimum atomic E-state index is -0.116. The van der Waals surface area contributed by atoms with Crippen molar-refractivity contribution in [2.24, 2.45) is 0 Å². The van der Waals surface area contributed by atoms with Crippen LogP contribution in [0.2, 0.25) is 0 Å². The predicted molar refractivity (Wildman–Crippen MR) is 99.5 cm³/mol. The number of aromatic nitrogens is 4. The minimum absolute atomic E-state index is 0.116. The molecule has 0 amide bonds. The number of nitrogens with zero attached hydrogens (tertiary/aromatic N) is 4. The number of nitrogens with one attached hydrogen (secondary N) is 1. The summed E-state index contributed by atoms with van der Waals surface area (Å²) in [6.45, 7) is 2.71. The summed E-state index contributed by atoms with van der Waals surface area (Å²) >= 11 is 0. The van der Waals surface area contributed by atoms with Crippen LogP contribution >= 0.6 is 0 Å². The van der Waals surface area contributed by atoms with Crippen molar-refractivity contribution in [2.75, 3.05) is 5.32 Å². The van der Waals surface area contributed by atoms with E-state index in [1.807, 2.05) is 66.3 Å². The number of hydrogen-bond donors (Lipinski definition) is 1. The molecule has 6 heteroatoms. The van der Waals surface area contributed by atoms with Gasteiger partial charge in [0.25, 0.3) is 0 Å². The monoisotopic (exact) mass is 345 g/mol. The van der Waals surface area contributed by atoms with E-state index >= 15 is 0 Å². The smallest absolute Gasteiger partial charge is 0.247 e. The largest absolute Gasteiger partial charge is 0.418 e. The Kier molecular flexibility index (Phi) is 4.47. The Morgan fingerprint density at radius 2 is 1.73 bits per heavy atom. The summed E-state index contributed by atoms with van der Waals surface area (Å²) in [6, 6.07) is 19.9. The van der Waals surface area contributed by atoms with E-state index < -0.39 is 0 Å². The van der Waals surface area contributed by atoms with E-state index in [2.05, 4.69) is 32.7 Å². The molecule has 26 heavy (non-hydrogen) atoms. The van der Waals surface area contributed by atoms with Crippen molar-refractivity contribution in [3.63, 3.8) is 0 Å². The summed E-state index contributed by atoms with van der Waals surface area (Å²) in [5, 5.41) is 16.0. The Morgan fingerprint density at radius 3 is 2.50 bits per heavy atom. The maximum atomic E-state index is 5.79. The Bertz CT molecular complexity index is 962. The van der Waals surface area contributed by atoms with Gasteiger partial charge in [-0.15, -0.1) is 10.2 Å². The third-order valence-electron chi connectivity index (χ3n) is 4.04. The SMILES string of the molecule is CC(Nc1cnn(Cc2ccccc2)c1)c1nnc(-c2ccccc2)o1.